The van der Waals surface area contributed by atoms with Crippen molar-refractivity contribution >= 4 is 51.8 Å². The smallest absolute Gasteiger partial charge is 0.263 e. The van der Waals surface area contributed by atoms with Crippen LogP contribution >= 0.6 is 23.4 Å². The summed E-state index contributed by atoms with van der Waals surface area (Å²) in [4.78, 5) is 43.6. The summed E-state index contributed by atoms with van der Waals surface area (Å²) in [6.45, 7) is 1.70. The molecular formula is C20H15ClN2O3S. The SMILES string of the molecule is C[C@@]1([C@@H]2CC(=O)N(c3ccc(Cl)cc3)C2=O)SC(c2ccccc2)=NC1=O. The molecule has 0 N–H and O–H groups in total. The van der Waals surface area contributed by atoms with Crippen molar-refractivity contribution in [3.63, 3.8) is 0 Å². The highest BCUT2D eigenvalue weighted by atomic mass is 35.5. The largest absolute Gasteiger partial charge is 0.274 e. The van der Waals surface area contributed by atoms with Crippen LogP contribution in [0.3, 0.4) is 0 Å². The minimum Gasteiger partial charge on any atom is -0.274 e. The molecule has 0 bridgehead atoms. The van der Waals surface area contributed by atoms with Gasteiger partial charge in [-0.1, -0.05) is 53.7 Å². The van der Waals surface area contributed by atoms with Gasteiger partial charge in [-0.15, -0.1) is 0 Å². The first-order valence-corrected chi connectivity index (χ1v) is 9.59. The number of amides is 3. The summed E-state index contributed by atoms with van der Waals surface area (Å²) in [5, 5.41) is 1.09. The highest BCUT2D eigenvalue weighted by Gasteiger charge is 2.56. The summed E-state index contributed by atoms with van der Waals surface area (Å²) >= 11 is 7.14. The molecule has 4 rings (SSSR count). The topological polar surface area (TPSA) is 66.8 Å². The predicted molar refractivity (Wildman–Crippen MR) is 106 cm³/mol. The van der Waals surface area contributed by atoms with E-state index < -0.39 is 10.7 Å². The number of halogens is 1. The third-order valence-electron chi connectivity index (χ3n) is 4.85. The lowest BCUT2D eigenvalue weighted by Gasteiger charge is -2.25. The minimum absolute atomic E-state index is 0.0196. The number of nitrogens with zero attached hydrogens (tertiary/aromatic N) is 2. The maximum Gasteiger partial charge on any atom is 0.263 e. The molecule has 136 valence electrons. The Morgan fingerprint density at radius 3 is 2.41 bits per heavy atom. The number of carbonyl (C=O) groups excluding carboxylic acids is 3. The van der Waals surface area contributed by atoms with Gasteiger partial charge in [0.1, 0.15) is 9.79 Å². The molecule has 0 radical (unpaired) electrons. The zero-order valence-corrected chi connectivity index (χ0v) is 16.0. The summed E-state index contributed by atoms with van der Waals surface area (Å²) in [6.07, 6.45) is -0.0196. The van der Waals surface area contributed by atoms with E-state index in [0.717, 1.165) is 10.5 Å². The van der Waals surface area contributed by atoms with E-state index in [1.165, 1.54) is 11.8 Å². The lowest BCUT2D eigenvalue weighted by Crippen LogP contribution is -2.42. The van der Waals surface area contributed by atoms with Crippen LogP contribution < -0.4 is 4.90 Å². The van der Waals surface area contributed by atoms with E-state index in [1.807, 2.05) is 30.3 Å². The van der Waals surface area contributed by atoms with Gasteiger partial charge in [0.25, 0.3) is 5.91 Å². The molecule has 0 aromatic heterocycles. The van der Waals surface area contributed by atoms with Gasteiger partial charge in [-0.3, -0.25) is 19.3 Å². The molecule has 2 aromatic rings. The number of rotatable bonds is 3. The molecule has 2 heterocycles. The number of hydrogen-bond donors (Lipinski definition) is 0. The first-order valence-electron chi connectivity index (χ1n) is 8.40. The fourth-order valence-electron chi connectivity index (χ4n) is 3.32. The molecule has 3 amide bonds. The Morgan fingerprint density at radius 2 is 1.74 bits per heavy atom. The zero-order valence-electron chi connectivity index (χ0n) is 14.4. The van der Waals surface area contributed by atoms with Crippen molar-refractivity contribution in [2.45, 2.75) is 18.1 Å². The van der Waals surface area contributed by atoms with Crippen LogP contribution in [0.2, 0.25) is 5.02 Å². The number of imide groups is 1. The van der Waals surface area contributed by atoms with Crippen LogP contribution in [0.4, 0.5) is 5.69 Å². The molecule has 1 saturated heterocycles. The molecular weight excluding hydrogens is 384 g/mol. The fourth-order valence-corrected chi connectivity index (χ4v) is 4.69. The first-order chi connectivity index (χ1) is 12.9. The Kier molecular flexibility index (Phi) is 4.40. The van der Waals surface area contributed by atoms with Crippen molar-refractivity contribution in [3.8, 4) is 0 Å². The van der Waals surface area contributed by atoms with Crippen molar-refractivity contribution in [2.75, 3.05) is 4.90 Å². The fraction of sp³-hybridized carbons (Fsp3) is 0.200. The van der Waals surface area contributed by atoms with Crippen molar-refractivity contribution in [1.29, 1.82) is 0 Å². The molecule has 2 aromatic carbocycles. The second-order valence-electron chi connectivity index (χ2n) is 6.60. The Hall–Kier alpha value is -2.44. The van der Waals surface area contributed by atoms with Gasteiger partial charge in [0.15, 0.2) is 0 Å². The maximum atomic E-state index is 13.0. The van der Waals surface area contributed by atoms with Crippen LogP contribution in [0.1, 0.15) is 18.9 Å². The number of thioether (sulfide) groups is 1. The summed E-state index contributed by atoms with van der Waals surface area (Å²) in [5.41, 5.74) is 1.28. The van der Waals surface area contributed by atoms with E-state index in [-0.39, 0.29) is 24.1 Å². The molecule has 2 aliphatic heterocycles. The second kappa shape index (κ2) is 6.62. The maximum absolute atomic E-state index is 13.0. The third kappa shape index (κ3) is 2.99. The van der Waals surface area contributed by atoms with Crippen molar-refractivity contribution < 1.29 is 14.4 Å². The first kappa shape index (κ1) is 17.9. The predicted octanol–water partition coefficient (Wildman–Crippen LogP) is 3.70. The average Bonchev–Trinajstić information content (AvgIpc) is 3.14. The minimum atomic E-state index is -1.10. The molecule has 1 fully saturated rings. The highest BCUT2D eigenvalue weighted by Crippen LogP contribution is 2.46. The third-order valence-corrected chi connectivity index (χ3v) is 6.51. The van der Waals surface area contributed by atoms with Crippen molar-refractivity contribution in [2.24, 2.45) is 10.9 Å². The van der Waals surface area contributed by atoms with Crippen LogP contribution in [-0.4, -0.2) is 27.5 Å². The van der Waals surface area contributed by atoms with E-state index in [4.69, 9.17) is 11.6 Å². The number of aliphatic imine (C=N–C) groups is 1. The van der Waals surface area contributed by atoms with E-state index in [9.17, 15) is 14.4 Å². The zero-order chi connectivity index (χ0) is 19.2. The molecule has 27 heavy (non-hydrogen) atoms. The molecule has 2 aliphatic rings. The van der Waals surface area contributed by atoms with E-state index >= 15 is 0 Å². The van der Waals surface area contributed by atoms with Crippen molar-refractivity contribution in [3.05, 3.63) is 65.2 Å². The Labute approximate surface area is 165 Å². The van der Waals surface area contributed by atoms with E-state index in [0.29, 0.717) is 15.8 Å². The molecule has 0 spiro atoms. The monoisotopic (exact) mass is 398 g/mol. The van der Waals surface area contributed by atoms with Crippen LogP contribution in [0.25, 0.3) is 0 Å². The van der Waals surface area contributed by atoms with Gasteiger partial charge in [0.2, 0.25) is 11.8 Å². The quantitative estimate of drug-likeness (QED) is 0.739. The molecule has 5 nitrogen and oxygen atoms in total. The van der Waals surface area contributed by atoms with Crippen LogP contribution in [0, 0.1) is 5.92 Å². The van der Waals surface area contributed by atoms with Gasteiger partial charge in [0, 0.05) is 17.0 Å². The molecule has 7 heteroatoms. The van der Waals surface area contributed by atoms with Gasteiger partial charge < -0.3 is 0 Å². The Balaban J connectivity index is 1.62. The van der Waals surface area contributed by atoms with Gasteiger partial charge in [-0.05, 0) is 31.2 Å². The van der Waals surface area contributed by atoms with Gasteiger partial charge in [-0.2, -0.15) is 0 Å². The highest BCUT2D eigenvalue weighted by molar-refractivity contribution is 8.16. The summed E-state index contributed by atoms with van der Waals surface area (Å²) in [7, 11) is 0. The number of carbonyl (C=O) groups is 3. The number of benzene rings is 2. The molecule has 2 atom stereocenters. The molecule has 0 unspecified atom stereocenters. The lowest BCUT2D eigenvalue weighted by molar-refractivity contribution is -0.127. The molecule has 0 saturated carbocycles. The Morgan fingerprint density at radius 1 is 1.07 bits per heavy atom. The normalized spacial score (nSPS) is 25.3. The van der Waals surface area contributed by atoms with Gasteiger partial charge >= 0.3 is 0 Å². The number of anilines is 1. The van der Waals surface area contributed by atoms with Crippen LogP contribution in [0.5, 0.6) is 0 Å². The van der Waals surface area contributed by atoms with Crippen LogP contribution in [0.15, 0.2) is 59.6 Å². The van der Waals surface area contributed by atoms with E-state index in [2.05, 4.69) is 4.99 Å². The molecule has 0 aliphatic carbocycles. The lowest BCUT2D eigenvalue weighted by atomic mass is 9.91. The summed E-state index contributed by atoms with van der Waals surface area (Å²) in [6, 6.07) is 15.8. The number of hydrogen-bond acceptors (Lipinski definition) is 4. The summed E-state index contributed by atoms with van der Waals surface area (Å²) < 4.78 is -1.10. The second-order valence-corrected chi connectivity index (χ2v) is 8.47. The van der Waals surface area contributed by atoms with Gasteiger partial charge in [0.05, 0.1) is 11.6 Å². The average molecular weight is 399 g/mol. The van der Waals surface area contributed by atoms with Crippen LogP contribution in [-0.2, 0) is 14.4 Å². The Bertz CT molecular complexity index is 974. The standard InChI is InChI=1S/C20H15ClN2O3S/c1-20(19(26)22-17(27-20)12-5-3-2-4-6-12)15-11-16(24)23(18(15)25)14-9-7-13(21)8-10-14/h2-10,15H,11H2,1H3/t15-,20+/m1/s1. The summed E-state index contributed by atoms with van der Waals surface area (Å²) in [5.74, 6) is -1.84. The van der Waals surface area contributed by atoms with E-state index in [1.54, 1.807) is 31.2 Å². The van der Waals surface area contributed by atoms with Gasteiger partial charge in [-0.25, -0.2) is 4.99 Å². The van der Waals surface area contributed by atoms with Crippen molar-refractivity contribution in [1.82, 2.24) is 0 Å².